The van der Waals surface area contributed by atoms with Gasteiger partial charge in [-0.1, -0.05) is 0 Å². The lowest BCUT2D eigenvalue weighted by atomic mass is 9.86. The maximum absolute atomic E-state index is 13.0. The van der Waals surface area contributed by atoms with Crippen LogP contribution in [0.15, 0.2) is 0 Å². The highest BCUT2D eigenvalue weighted by molar-refractivity contribution is 5.72. The summed E-state index contributed by atoms with van der Waals surface area (Å²) in [6.07, 6.45) is -1.20. The van der Waals surface area contributed by atoms with E-state index in [4.69, 9.17) is 9.84 Å². The molecule has 4 heteroatoms. The molecule has 0 bridgehead atoms. The molecule has 1 aliphatic carbocycles. The first-order chi connectivity index (χ1) is 6.15. The fourth-order valence-corrected chi connectivity index (χ4v) is 1.57. The van der Waals surface area contributed by atoms with Gasteiger partial charge in [-0.25, -0.2) is 4.39 Å². The van der Waals surface area contributed by atoms with E-state index in [0.29, 0.717) is 19.4 Å². The lowest BCUT2D eigenvalue weighted by Gasteiger charge is -2.26. The molecule has 3 nitrogen and oxygen atoms in total. The standard InChI is InChI=1S/C9H15FO3/c1-2-13-9(12)6-3-4-8(11)7(10)5-6/h6-8,11H,2-5H2,1H3/t6-,7+,8+/m0/s1. The Balaban J connectivity index is 2.40. The molecule has 1 N–H and O–H groups in total. The predicted octanol–water partition coefficient (Wildman–Crippen LogP) is 1.05. The van der Waals surface area contributed by atoms with Gasteiger partial charge < -0.3 is 9.84 Å². The Hall–Kier alpha value is -0.640. The average Bonchev–Trinajstić information content (AvgIpc) is 2.10. The van der Waals surface area contributed by atoms with Gasteiger partial charge in [0.25, 0.3) is 0 Å². The number of halogens is 1. The molecule has 0 saturated heterocycles. The van der Waals surface area contributed by atoms with E-state index >= 15 is 0 Å². The number of rotatable bonds is 2. The Bertz CT molecular complexity index is 184. The molecule has 3 atom stereocenters. The molecule has 0 unspecified atom stereocenters. The maximum Gasteiger partial charge on any atom is 0.309 e. The largest absolute Gasteiger partial charge is 0.466 e. The van der Waals surface area contributed by atoms with Gasteiger partial charge in [0.05, 0.1) is 18.6 Å². The van der Waals surface area contributed by atoms with Gasteiger partial charge in [0, 0.05) is 0 Å². The second-order valence-corrected chi connectivity index (χ2v) is 3.35. The molecule has 0 amide bonds. The predicted molar refractivity (Wildman–Crippen MR) is 44.9 cm³/mol. The van der Waals surface area contributed by atoms with E-state index < -0.39 is 12.3 Å². The van der Waals surface area contributed by atoms with Crippen molar-refractivity contribution in [3.8, 4) is 0 Å². The van der Waals surface area contributed by atoms with E-state index in [0.717, 1.165) is 0 Å². The van der Waals surface area contributed by atoms with Crippen molar-refractivity contribution < 1.29 is 19.0 Å². The van der Waals surface area contributed by atoms with Crippen LogP contribution in [-0.4, -0.2) is 30.0 Å². The fourth-order valence-electron chi connectivity index (χ4n) is 1.57. The molecular weight excluding hydrogens is 175 g/mol. The van der Waals surface area contributed by atoms with Crippen molar-refractivity contribution in [3.05, 3.63) is 0 Å². The van der Waals surface area contributed by atoms with Crippen LogP contribution in [0.4, 0.5) is 4.39 Å². The van der Waals surface area contributed by atoms with Gasteiger partial charge >= 0.3 is 5.97 Å². The summed E-state index contributed by atoms with van der Waals surface area (Å²) in [5.74, 6) is -0.699. The van der Waals surface area contributed by atoms with Crippen molar-refractivity contribution in [1.82, 2.24) is 0 Å². The van der Waals surface area contributed by atoms with Crippen LogP contribution in [0.25, 0.3) is 0 Å². The summed E-state index contributed by atoms with van der Waals surface area (Å²) in [6, 6.07) is 0. The van der Waals surface area contributed by atoms with Crippen LogP contribution in [0.3, 0.4) is 0 Å². The molecule has 0 heterocycles. The Labute approximate surface area is 76.9 Å². The summed E-state index contributed by atoms with van der Waals surface area (Å²) < 4.78 is 17.7. The van der Waals surface area contributed by atoms with E-state index in [-0.39, 0.29) is 18.3 Å². The minimum Gasteiger partial charge on any atom is -0.466 e. The number of aliphatic hydroxyl groups is 1. The van der Waals surface area contributed by atoms with Gasteiger partial charge in [0.1, 0.15) is 6.17 Å². The summed E-state index contributed by atoms with van der Waals surface area (Å²) in [7, 11) is 0. The number of hydrogen-bond donors (Lipinski definition) is 1. The topological polar surface area (TPSA) is 46.5 Å². The number of hydrogen-bond acceptors (Lipinski definition) is 3. The van der Waals surface area contributed by atoms with Gasteiger partial charge in [-0.3, -0.25) is 4.79 Å². The number of ether oxygens (including phenoxy) is 1. The lowest BCUT2D eigenvalue weighted by molar-refractivity contribution is -0.151. The monoisotopic (exact) mass is 190 g/mol. The van der Waals surface area contributed by atoms with Crippen LogP contribution in [0.2, 0.25) is 0 Å². The lowest BCUT2D eigenvalue weighted by Crippen LogP contribution is -2.34. The minimum atomic E-state index is -1.27. The number of carbonyl (C=O) groups is 1. The first kappa shape index (κ1) is 10.4. The summed E-state index contributed by atoms with van der Waals surface area (Å²) in [5.41, 5.74) is 0. The highest BCUT2D eigenvalue weighted by Crippen LogP contribution is 2.27. The first-order valence-electron chi connectivity index (χ1n) is 4.64. The fraction of sp³-hybridized carbons (Fsp3) is 0.889. The molecule has 1 saturated carbocycles. The zero-order chi connectivity index (χ0) is 9.84. The van der Waals surface area contributed by atoms with Crippen LogP contribution in [0.1, 0.15) is 26.2 Å². The smallest absolute Gasteiger partial charge is 0.309 e. The van der Waals surface area contributed by atoms with Gasteiger partial charge in [0.15, 0.2) is 0 Å². The number of aliphatic hydroxyl groups excluding tert-OH is 1. The third kappa shape index (κ3) is 2.66. The van der Waals surface area contributed by atoms with E-state index in [1.54, 1.807) is 6.92 Å². The maximum atomic E-state index is 13.0. The summed E-state index contributed by atoms with van der Waals surface area (Å²) >= 11 is 0. The molecule has 1 aliphatic rings. The number of esters is 1. The highest BCUT2D eigenvalue weighted by atomic mass is 19.1. The summed E-state index contributed by atoms with van der Waals surface area (Å²) in [5, 5.41) is 9.08. The van der Waals surface area contributed by atoms with E-state index in [1.807, 2.05) is 0 Å². The third-order valence-electron chi connectivity index (χ3n) is 2.36. The molecular formula is C9H15FO3. The SMILES string of the molecule is CCOC(=O)[C@H]1CC[C@@H](O)[C@H](F)C1. The Morgan fingerprint density at radius 1 is 1.62 bits per heavy atom. The summed E-state index contributed by atoms with van der Waals surface area (Å²) in [6.45, 7) is 2.05. The Kier molecular flexibility index (Phi) is 3.66. The molecule has 1 rings (SSSR count). The highest BCUT2D eigenvalue weighted by Gasteiger charge is 2.33. The molecule has 0 aromatic rings. The van der Waals surface area contributed by atoms with Crippen molar-refractivity contribution >= 4 is 5.97 Å². The van der Waals surface area contributed by atoms with Crippen LogP contribution in [0.5, 0.6) is 0 Å². The third-order valence-corrected chi connectivity index (χ3v) is 2.36. The second kappa shape index (κ2) is 4.56. The number of alkyl halides is 1. The van der Waals surface area contributed by atoms with Crippen LogP contribution < -0.4 is 0 Å². The van der Waals surface area contributed by atoms with Crippen LogP contribution in [0, 0.1) is 5.92 Å². The molecule has 0 aliphatic heterocycles. The van der Waals surface area contributed by atoms with Crippen molar-refractivity contribution in [2.45, 2.75) is 38.5 Å². The molecule has 0 radical (unpaired) electrons. The van der Waals surface area contributed by atoms with Gasteiger partial charge in [-0.2, -0.15) is 0 Å². The molecule has 13 heavy (non-hydrogen) atoms. The normalized spacial score (nSPS) is 34.2. The van der Waals surface area contributed by atoms with Crippen molar-refractivity contribution in [3.63, 3.8) is 0 Å². The molecule has 0 aromatic heterocycles. The van der Waals surface area contributed by atoms with Crippen LogP contribution >= 0.6 is 0 Å². The quantitative estimate of drug-likeness (QED) is 0.662. The van der Waals surface area contributed by atoms with E-state index in [9.17, 15) is 9.18 Å². The number of carbonyl (C=O) groups excluding carboxylic acids is 1. The second-order valence-electron chi connectivity index (χ2n) is 3.35. The van der Waals surface area contributed by atoms with Crippen LogP contribution in [-0.2, 0) is 9.53 Å². The van der Waals surface area contributed by atoms with Crippen molar-refractivity contribution in [2.75, 3.05) is 6.61 Å². The Morgan fingerprint density at radius 3 is 2.85 bits per heavy atom. The zero-order valence-electron chi connectivity index (χ0n) is 7.70. The average molecular weight is 190 g/mol. The van der Waals surface area contributed by atoms with Gasteiger partial charge in [-0.05, 0) is 26.2 Å². The van der Waals surface area contributed by atoms with E-state index in [2.05, 4.69) is 0 Å². The minimum absolute atomic E-state index is 0.0972. The van der Waals surface area contributed by atoms with Crippen molar-refractivity contribution in [2.24, 2.45) is 5.92 Å². The molecule has 76 valence electrons. The zero-order valence-corrected chi connectivity index (χ0v) is 7.70. The van der Waals surface area contributed by atoms with Gasteiger partial charge in [-0.15, -0.1) is 0 Å². The molecule has 1 fully saturated rings. The molecule has 0 aromatic carbocycles. The van der Waals surface area contributed by atoms with E-state index in [1.165, 1.54) is 0 Å². The molecule has 0 spiro atoms. The summed E-state index contributed by atoms with van der Waals surface area (Å²) in [4.78, 5) is 11.2. The first-order valence-corrected chi connectivity index (χ1v) is 4.64. The van der Waals surface area contributed by atoms with Gasteiger partial charge in [0.2, 0.25) is 0 Å². The Morgan fingerprint density at radius 2 is 2.31 bits per heavy atom. The van der Waals surface area contributed by atoms with Crippen molar-refractivity contribution in [1.29, 1.82) is 0 Å².